The van der Waals surface area contributed by atoms with Gasteiger partial charge in [0, 0.05) is 19.4 Å². The molecule has 0 rings (SSSR count). The molecule has 1 nitrogen and oxygen atoms in total. The lowest BCUT2D eigenvalue weighted by Gasteiger charge is -2.25. The van der Waals surface area contributed by atoms with Gasteiger partial charge in [-0.2, -0.15) is 17.6 Å². The van der Waals surface area contributed by atoms with Crippen molar-refractivity contribution in [3.8, 4) is 0 Å². The summed E-state index contributed by atoms with van der Waals surface area (Å²) in [5, 5.41) is 8.34. The maximum Gasteiger partial charge on any atom is 0.312 e. The first kappa shape index (κ1) is 17.7. The van der Waals surface area contributed by atoms with Crippen molar-refractivity contribution in [2.45, 2.75) is 76.6 Å². The average Bonchev–Trinajstić information content (AvgIpc) is 2.27. The fraction of sp³-hybridized carbons (Fsp3) is 1.00. The molecule has 0 radical (unpaired) electrons. The van der Waals surface area contributed by atoms with Gasteiger partial charge in [0.05, 0.1) is 0 Å². The molecule has 1 N–H and O–H groups in total. The zero-order valence-corrected chi connectivity index (χ0v) is 11.0. The molecule has 110 valence electrons. The predicted octanol–water partition coefficient (Wildman–Crippen LogP) is 4.78. The molecule has 0 aliphatic heterocycles. The molecule has 0 saturated carbocycles. The van der Waals surface area contributed by atoms with Gasteiger partial charge in [-0.05, 0) is 6.42 Å². The van der Waals surface area contributed by atoms with Crippen molar-refractivity contribution in [1.29, 1.82) is 0 Å². The minimum Gasteiger partial charge on any atom is -0.396 e. The van der Waals surface area contributed by atoms with Crippen LogP contribution in [0.5, 0.6) is 0 Å². The van der Waals surface area contributed by atoms with Gasteiger partial charge in [0.15, 0.2) is 0 Å². The first-order valence-electron chi connectivity index (χ1n) is 6.74. The van der Waals surface area contributed by atoms with Gasteiger partial charge < -0.3 is 5.11 Å². The molecule has 0 spiro atoms. The summed E-state index contributed by atoms with van der Waals surface area (Å²) in [5.74, 6) is -8.09. The van der Waals surface area contributed by atoms with Crippen LogP contribution in [0.4, 0.5) is 17.6 Å². The topological polar surface area (TPSA) is 20.2 Å². The zero-order valence-electron chi connectivity index (χ0n) is 11.0. The fourth-order valence-electron chi connectivity index (χ4n) is 1.81. The summed E-state index contributed by atoms with van der Waals surface area (Å²) in [6.07, 6.45) is 3.83. The molecular weight excluding hydrogens is 248 g/mol. The molecule has 0 aromatic carbocycles. The number of unbranched alkanes of at least 4 members (excludes halogenated alkanes) is 6. The summed E-state index contributed by atoms with van der Waals surface area (Å²) in [4.78, 5) is 0. The second-order valence-electron chi connectivity index (χ2n) is 4.75. The Morgan fingerprint density at radius 2 is 1.17 bits per heavy atom. The van der Waals surface area contributed by atoms with Crippen LogP contribution in [0.1, 0.15) is 64.7 Å². The Labute approximate surface area is 107 Å². The molecule has 0 aromatic rings. The lowest BCUT2D eigenvalue weighted by Crippen LogP contribution is -2.41. The maximum atomic E-state index is 13.2. The smallest absolute Gasteiger partial charge is 0.312 e. The molecule has 18 heavy (non-hydrogen) atoms. The molecule has 0 amide bonds. The summed E-state index contributed by atoms with van der Waals surface area (Å²) < 4.78 is 52.3. The number of hydrogen-bond donors (Lipinski definition) is 1. The van der Waals surface area contributed by atoms with E-state index in [1.807, 2.05) is 0 Å². The van der Waals surface area contributed by atoms with Crippen LogP contribution in [-0.2, 0) is 0 Å². The van der Waals surface area contributed by atoms with Crippen LogP contribution < -0.4 is 0 Å². The molecule has 0 aliphatic rings. The maximum absolute atomic E-state index is 13.2. The monoisotopic (exact) mass is 272 g/mol. The third-order valence-electron chi connectivity index (χ3n) is 3.06. The van der Waals surface area contributed by atoms with E-state index >= 15 is 0 Å². The van der Waals surface area contributed by atoms with Gasteiger partial charge in [-0.3, -0.25) is 0 Å². The van der Waals surface area contributed by atoms with Crippen molar-refractivity contribution in [1.82, 2.24) is 0 Å². The normalized spacial score (nSPS) is 13.0. The van der Waals surface area contributed by atoms with Crippen molar-refractivity contribution in [3.05, 3.63) is 0 Å². The fourth-order valence-corrected chi connectivity index (χ4v) is 1.81. The summed E-state index contributed by atoms with van der Waals surface area (Å²) >= 11 is 0. The molecule has 0 fully saturated rings. The number of alkyl halides is 4. The van der Waals surface area contributed by atoms with E-state index in [9.17, 15) is 17.6 Å². The van der Waals surface area contributed by atoms with Gasteiger partial charge >= 0.3 is 11.8 Å². The van der Waals surface area contributed by atoms with Crippen LogP contribution in [0, 0.1) is 0 Å². The largest absolute Gasteiger partial charge is 0.396 e. The third-order valence-corrected chi connectivity index (χ3v) is 3.06. The van der Waals surface area contributed by atoms with E-state index in [4.69, 9.17) is 5.11 Å². The lowest BCUT2D eigenvalue weighted by atomic mass is 10.0. The number of rotatable bonds is 11. The highest BCUT2D eigenvalue weighted by molar-refractivity contribution is 4.84. The van der Waals surface area contributed by atoms with E-state index in [1.54, 1.807) is 0 Å². The Hall–Kier alpha value is -0.320. The molecular formula is C13H24F4O. The number of aliphatic hydroxyl groups is 1. The molecule has 0 bridgehead atoms. The predicted molar refractivity (Wildman–Crippen MR) is 64.2 cm³/mol. The molecule has 0 atom stereocenters. The Bertz CT molecular complexity index is 207. The summed E-state index contributed by atoms with van der Waals surface area (Å²) in [6.45, 7) is 1.17. The van der Waals surface area contributed by atoms with E-state index in [0.29, 0.717) is 6.42 Å². The SMILES string of the molecule is CCCCCCCCCC(F)(F)C(F)(F)CCO. The van der Waals surface area contributed by atoms with Crippen LogP contribution >= 0.6 is 0 Å². The summed E-state index contributed by atoms with van der Waals surface area (Å²) in [6, 6.07) is 0. The standard InChI is InChI=1S/C13H24F4O/c1-2-3-4-5-6-7-8-9-12(14,15)13(16,17)10-11-18/h18H,2-11H2,1H3. The highest BCUT2D eigenvalue weighted by Gasteiger charge is 2.54. The molecule has 0 aliphatic carbocycles. The lowest BCUT2D eigenvalue weighted by molar-refractivity contribution is -0.218. The average molecular weight is 272 g/mol. The highest BCUT2D eigenvalue weighted by Crippen LogP contribution is 2.40. The summed E-state index contributed by atoms with van der Waals surface area (Å²) in [5.41, 5.74) is 0. The highest BCUT2D eigenvalue weighted by atomic mass is 19.3. The van der Waals surface area contributed by atoms with Gasteiger partial charge in [0.25, 0.3) is 0 Å². The van der Waals surface area contributed by atoms with Crippen LogP contribution in [0.3, 0.4) is 0 Å². The van der Waals surface area contributed by atoms with Crippen molar-refractivity contribution in [2.24, 2.45) is 0 Å². The second-order valence-corrected chi connectivity index (χ2v) is 4.75. The third kappa shape index (κ3) is 6.57. The number of aliphatic hydroxyl groups excluding tert-OH is 1. The number of hydrogen-bond acceptors (Lipinski definition) is 1. The molecule has 0 unspecified atom stereocenters. The minimum atomic E-state index is -4.09. The van der Waals surface area contributed by atoms with Crippen LogP contribution in [0.2, 0.25) is 0 Å². The Kier molecular flexibility index (Phi) is 8.57. The van der Waals surface area contributed by atoms with Gasteiger partial charge in [-0.25, -0.2) is 0 Å². The second kappa shape index (κ2) is 8.73. The summed E-state index contributed by atoms with van der Waals surface area (Å²) in [7, 11) is 0. The Morgan fingerprint density at radius 3 is 1.67 bits per heavy atom. The molecule has 0 heterocycles. The van der Waals surface area contributed by atoms with Gasteiger partial charge in [-0.1, -0.05) is 45.4 Å². The Balaban J connectivity index is 3.76. The quantitative estimate of drug-likeness (QED) is 0.424. The van der Waals surface area contributed by atoms with Crippen molar-refractivity contribution in [2.75, 3.05) is 6.61 Å². The van der Waals surface area contributed by atoms with Crippen LogP contribution in [0.25, 0.3) is 0 Å². The van der Waals surface area contributed by atoms with E-state index in [-0.39, 0.29) is 6.42 Å². The van der Waals surface area contributed by atoms with Gasteiger partial charge in [-0.15, -0.1) is 0 Å². The van der Waals surface area contributed by atoms with Crippen molar-refractivity contribution in [3.63, 3.8) is 0 Å². The van der Waals surface area contributed by atoms with E-state index in [0.717, 1.165) is 32.1 Å². The first-order chi connectivity index (χ1) is 8.37. The molecule has 5 heteroatoms. The minimum absolute atomic E-state index is 0.111. The first-order valence-corrected chi connectivity index (χ1v) is 6.74. The van der Waals surface area contributed by atoms with Crippen molar-refractivity contribution < 1.29 is 22.7 Å². The van der Waals surface area contributed by atoms with E-state index < -0.39 is 31.3 Å². The van der Waals surface area contributed by atoms with Gasteiger partial charge in [0.1, 0.15) is 0 Å². The van der Waals surface area contributed by atoms with Crippen molar-refractivity contribution >= 4 is 0 Å². The van der Waals surface area contributed by atoms with E-state index in [1.165, 1.54) is 0 Å². The zero-order chi connectivity index (χ0) is 14.1. The molecule has 0 aromatic heterocycles. The number of halogens is 4. The van der Waals surface area contributed by atoms with Gasteiger partial charge in [0.2, 0.25) is 0 Å². The van der Waals surface area contributed by atoms with Crippen LogP contribution in [-0.4, -0.2) is 23.6 Å². The Morgan fingerprint density at radius 1 is 0.722 bits per heavy atom. The van der Waals surface area contributed by atoms with E-state index in [2.05, 4.69) is 6.92 Å². The molecule has 0 saturated heterocycles. The van der Waals surface area contributed by atoms with Crippen LogP contribution in [0.15, 0.2) is 0 Å².